The number of aromatic nitrogens is 1. The average Bonchev–Trinajstić information content (AvgIpc) is 2.52. The Morgan fingerprint density at radius 2 is 2.05 bits per heavy atom. The van der Waals surface area contributed by atoms with Gasteiger partial charge in [-0.3, -0.25) is 9.78 Å². The highest BCUT2D eigenvalue weighted by atomic mass is 16.2. The first kappa shape index (κ1) is 15.0. The number of piperidine rings is 1. The summed E-state index contributed by atoms with van der Waals surface area (Å²) < 4.78 is 0. The molecule has 1 aromatic heterocycles. The molecule has 1 amide bonds. The summed E-state index contributed by atoms with van der Waals surface area (Å²) in [7, 11) is 0. The van der Waals surface area contributed by atoms with Crippen molar-refractivity contribution in [2.75, 3.05) is 26.2 Å². The SMILES string of the molecule is CCNCC1CCN(C(=O)CCc2ccncc2)CC1. The number of carbonyl (C=O) groups is 1. The summed E-state index contributed by atoms with van der Waals surface area (Å²) in [6.07, 6.45) is 7.26. The van der Waals surface area contributed by atoms with Crippen LogP contribution in [0.2, 0.25) is 0 Å². The van der Waals surface area contributed by atoms with Crippen molar-refractivity contribution in [1.82, 2.24) is 15.2 Å². The fourth-order valence-electron chi connectivity index (χ4n) is 2.69. The zero-order valence-corrected chi connectivity index (χ0v) is 12.3. The van der Waals surface area contributed by atoms with Crippen molar-refractivity contribution in [2.45, 2.75) is 32.6 Å². The van der Waals surface area contributed by atoms with Crippen LogP contribution in [0.5, 0.6) is 0 Å². The van der Waals surface area contributed by atoms with Crippen LogP contribution in [0.3, 0.4) is 0 Å². The maximum Gasteiger partial charge on any atom is 0.222 e. The molecule has 1 saturated heterocycles. The van der Waals surface area contributed by atoms with Crippen molar-refractivity contribution in [2.24, 2.45) is 5.92 Å². The van der Waals surface area contributed by atoms with E-state index in [0.29, 0.717) is 12.3 Å². The van der Waals surface area contributed by atoms with E-state index in [0.717, 1.165) is 51.4 Å². The standard InChI is InChI=1S/C16H25N3O/c1-2-17-13-15-7-11-19(12-8-15)16(20)4-3-14-5-9-18-10-6-14/h5-6,9-10,15,17H,2-4,7-8,11-13H2,1H3. The number of likely N-dealkylation sites (tertiary alicyclic amines) is 1. The molecule has 1 aliphatic rings. The largest absolute Gasteiger partial charge is 0.343 e. The molecular formula is C16H25N3O. The van der Waals surface area contributed by atoms with Gasteiger partial charge in [0.05, 0.1) is 0 Å². The molecule has 4 nitrogen and oxygen atoms in total. The first-order chi connectivity index (χ1) is 9.79. The van der Waals surface area contributed by atoms with Gasteiger partial charge in [0.2, 0.25) is 5.91 Å². The van der Waals surface area contributed by atoms with Gasteiger partial charge in [-0.15, -0.1) is 0 Å². The maximum atomic E-state index is 12.2. The van der Waals surface area contributed by atoms with Crippen molar-refractivity contribution in [3.63, 3.8) is 0 Å². The number of nitrogens with zero attached hydrogens (tertiary/aromatic N) is 2. The van der Waals surface area contributed by atoms with Gasteiger partial charge in [0.25, 0.3) is 0 Å². The minimum Gasteiger partial charge on any atom is -0.343 e. The number of rotatable bonds is 6. The van der Waals surface area contributed by atoms with Crippen LogP contribution in [0.1, 0.15) is 31.7 Å². The van der Waals surface area contributed by atoms with E-state index in [4.69, 9.17) is 0 Å². The topological polar surface area (TPSA) is 45.2 Å². The van der Waals surface area contributed by atoms with Gasteiger partial charge in [-0.2, -0.15) is 0 Å². The lowest BCUT2D eigenvalue weighted by Gasteiger charge is -2.32. The van der Waals surface area contributed by atoms with E-state index < -0.39 is 0 Å². The van der Waals surface area contributed by atoms with Crippen LogP contribution in [0, 0.1) is 5.92 Å². The highest BCUT2D eigenvalue weighted by molar-refractivity contribution is 5.76. The molecule has 0 aliphatic carbocycles. The summed E-state index contributed by atoms with van der Waals surface area (Å²) in [5.41, 5.74) is 1.19. The molecule has 0 saturated carbocycles. The fraction of sp³-hybridized carbons (Fsp3) is 0.625. The minimum atomic E-state index is 0.295. The molecule has 0 radical (unpaired) electrons. The zero-order valence-electron chi connectivity index (χ0n) is 12.3. The molecule has 0 atom stereocenters. The van der Waals surface area contributed by atoms with Gasteiger partial charge >= 0.3 is 0 Å². The van der Waals surface area contributed by atoms with Crippen LogP contribution >= 0.6 is 0 Å². The van der Waals surface area contributed by atoms with Crippen LogP contribution in [0.4, 0.5) is 0 Å². The van der Waals surface area contributed by atoms with Gasteiger partial charge in [0.1, 0.15) is 0 Å². The maximum absolute atomic E-state index is 12.2. The lowest BCUT2D eigenvalue weighted by molar-refractivity contribution is -0.132. The molecule has 1 N–H and O–H groups in total. The Morgan fingerprint density at radius 3 is 2.70 bits per heavy atom. The third-order valence-electron chi connectivity index (χ3n) is 4.03. The van der Waals surface area contributed by atoms with Gasteiger partial charge in [-0.25, -0.2) is 0 Å². The lowest BCUT2D eigenvalue weighted by atomic mass is 9.96. The van der Waals surface area contributed by atoms with E-state index in [1.807, 2.05) is 17.0 Å². The van der Waals surface area contributed by atoms with Crippen LogP contribution in [0.25, 0.3) is 0 Å². The van der Waals surface area contributed by atoms with Crippen molar-refractivity contribution in [3.8, 4) is 0 Å². The Kier molecular flexibility index (Phi) is 5.99. The van der Waals surface area contributed by atoms with E-state index in [1.54, 1.807) is 12.4 Å². The molecule has 110 valence electrons. The van der Waals surface area contributed by atoms with Gasteiger partial charge < -0.3 is 10.2 Å². The second kappa shape index (κ2) is 8.00. The Hall–Kier alpha value is -1.42. The minimum absolute atomic E-state index is 0.295. The molecule has 1 aliphatic heterocycles. The fourth-order valence-corrected chi connectivity index (χ4v) is 2.69. The number of amides is 1. The normalized spacial score (nSPS) is 16.4. The van der Waals surface area contributed by atoms with Gasteiger partial charge in [-0.1, -0.05) is 6.92 Å². The summed E-state index contributed by atoms with van der Waals surface area (Å²) in [5.74, 6) is 1.03. The van der Waals surface area contributed by atoms with E-state index in [2.05, 4.69) is 17.2 Å². The van der Waals surface area contributed by atoms with Gasteiger partial charge in [0.15, 0.2) is 0 Å². The van der Waals surface area contributed by atoms with E-state index in [-0.39, 0.29) is 0 Å². The monoisotopic (exact) mass is 275 g/mol. The number of aryl methyl sites for hydroxylation is 1. The molecule has 0 aromatic carbocycles. The predicted octanol–water partition coefficient (Wildman–Crippen LogP) is 1.86. The number of pyridine rings is 1. The number of hydrogen-bond donors (Lipinski definition) is 1. The molecule has 0 unspecified atom stereocenters. The van der Waals surface area contributed by atoms with Crippen LogP contribution < -0.4 is 5.32 Å². The molecule has 0 bridgehead atoms. The molecule has 4 heteroatoms. The van der Waals surface area contributed by atoms with Crippen molar-refractivity contribution in [3.05, 3.63) is 30.1 Å². The second-order valence-corrected chi connectivity index (χ2v) is 5.49. The lowest BCUT2D eigenvalue weighted by Crippen LogP contribution is -2.40. The van der Waals surface area contributed by atoms with E-state index in [9.17, 15) is 4.79 Å². The summed E-state index contributed by atoms with van der Waals surface area (Å²) in [6.45, 7) is 6.11. The summed E-state index contributed by atoms with van der Waals surface area (Å²) >= 11 is 0. The van der Waals surface area contributed by atoms with Gasteiger partial charge in [0, 0.05) is 31.9 Å². The third kappa shape index (κ3) is 4.60. The molecule has 0 spiro atoms. The Balaban J connectivity index is 1.69. The number of carbonyl (C=O) groups excluding carboxylic acids is 1. The quantitative estimate of drug-likeness (QED) is 0.862. The summed E-state index contributed by atoms with van der Waals surface area (Å²) in [5, 5.41) is 3.40. The van der Waals surface area contributed by atoms with Crippen LogP contribution in [-0.2, 0) is 11.2 Å². The third-order valence-corrected chi connectivity index (χ3v) is 4.03. The molecule has 1 aromatic rings. The number of nitrogens with one attached hydrogen (secondary N) is 1. The van der Waals surface area contributed by atoms with E-state index >= 15 is 0 Å². The molecule has 2 rings (SSSR count). The average molecular weight is 275 g/mol. The van der Waals surface area contributed by atoms with Gasteiger partial charge in [-0.05, 0) is 56.0 Å². The molecular weight excluding hydrogens is 250 g/mol. The Morgan fingerprint density at radius 1 is 1.35 bits per heavy atom. The Labute approximate surface area is 121 Å². The highest BCUT2D eigenvalue weighted by Crippen LogP contribution is 2.17. The Bertz CT molecular complexity index is 399. The second-order valence-electron chi connectivity index (χ2n) is 5.49. The molecule has 1 fully saturated rings. The first-order valence-corrected chi connectivity index (χ1v) is 7.67. The van der Waals surface area contributed by atoms with Crippen LogP contribution in [-0.4, -0.2) is 42.0 Å². The first-order valence-electron chi connectivity index (χ1n) is 7.67. The summed E-state index contributed by atoms with van der Waals surface area (Å²) in [4.78, 5) is 18.2. The molecule has 2 heterocycles. The van der Waals surface area contributed by atoms with Crippen molar-refractivity contribution < 1.29 is 4.79 Å². The smallest absolute Gasteiger partial charge is 0.222 e. The van der Waals surface area contributed by atoms with Crippen molar-refractivity contribution >= 4 is 5.91 Å². The predicted molar refractivity (Wildman–Crippen MR) is 80.4 cm³/mol. The highest BCUT2D eigenvalue weighted by Gasteiger charge is 2.21. The van der Waals surface area contributed by atoms with Crippen molar-refractivity contribution in [1.29, 1.82) is 0 Å². The van der Waals surface area contributed by atoms with Crippen LogP contribution in [0.15, 0.2) is 24.5 Å². The molecule has 20 heavy (non-hydrogen) atoms. The number of hydrogen-bond acceptors (Lipinski definition) is 3. The summed E-state index contributed by atoms with van der Waals surface area (Å²) in [6, 6.07) is 3.96. The van der Waals surface area contributed by atoms with E-state index in [1.165, 1.54) is 5.56 Å². The zero-order chi connectivity index (χ0) is 14.2.